The van der Waals surface area contributed by atoms with Crippen molar-refractivity contribution < 1.29 is 18.7 Å². The number of halogens is 3. The molecule has 4 nitrogen and oxygen atoms in total. The SMILES string of the molecule is CC(C)(O)C1CCCN1C(=O)Nc1c(F)cc(F)cc1Br. The first-order chi connectivity index (χ1) is 9.70. The van der Waals surface area contributed by atoms with Gasteiger partial charge in [-0.3, -0.25) is 0 Å². The number of anilines is 1. The number of carbonyl (C=O) groups is 1. The molecule has 21 heavy (non-hydrogen) atoms. The quantitative estimate of drug-likeness (QED) is 0.845. The van der Waals surface area contributed by atoms with Gasteiger partial charge in [0.1, 0.15) is 5.82 Å². The standard InChI is InChI=1S/C14H17BrF2N2O2/c1-14(2,21)11-4-3-5-19(11)13(20)18-12-9(15)6-8(16)7-10(12)17/h6-7,11,21H,3-5H2,1-2H3,(H,18,20). The maximum atomic E-state index is 13.7. The van der Waals surface area contributed by atoms with E-state index in [-0.39, 0.29) is 16.2 Å². The zero-order valence-electron chi connectivity index (χ0n) is 11.8. The highest BCUT2D eigenvalue weighted by atomic mass is 79.9. The summed E-state index contributed by atoms with van der Waals surface area (Å²) in [5.41, 5.74) is -1.14. The minimum Gasteiger partial charge on any atom is -0.388 e. The Kier molecular flexibility index (Phi) is 4.53. The lowest BCUT2D eigenvalue weighted by Gasteiger charge is -2.33. The number of hydrogen-bond donors (Lipinski definition) is 2. The van der Waals surface area contributed by atoms with E-state index in [1.54, 1.807) is 13.8 Å². The molecule has 0 radical (unpaired) electrons. The highest BCUT2D eigenvalue weighted by Gasteiger charge is 2.38. The molecule has 7 heteroatoms. The van der Waals surface area contributed by atoms with Crippen molar-refractivity contribution in [3.8, 4) is 0 Å². The molecule has 0 bridgehead atoms. The summed E-state index contributed by atoms with van der Waals surface area (Å²) in [5.74, 6) is -1.58. The second-order valence-electron chi connectivity index (χ2n) is 5.68. The minimum absolute atomic E-state index is 0.109. The Morgan fingerprint density at radius 1 is 1.48 bits per heavy atom. The van der Waals surface area contributed by atoms with Crippen molar-refractivity contribution in [2.24, 2.45) is 0 Å². The predicted octanol–water partition coefficient (Wildman–Crippen LogP) is 3.49. The lowest BCUT2D eigenvalue weighted by molar-refractivity contribution is 0.0117. The Bertz CT molecular complexity index is 537. The van der Waals surface area contributed by atoms with Gasteiger partial charge in [0, 0.05) is 17.1 Å². The van der Waals surface area contributed by atoms with E-state index in [1.165, 1.54) is 4.90 Å². The zero-order valence-corrected chi connectivity index (χ0v) is 13.4. The number of nitrogens with one attached hydrogen (secondary N) is 1. The molecule has 0 aromatic heterocycles. The van der Waals surface area contributed by atoms with Crippen LogP contribution in [0.4, 0.5) is 19.3 Å². The van der Waals surface area contributed by atoms with Gasteiger partial charge < -0.3 is 15.3 Å². The highest BCUT2D eigenvalue weighted by Crippen LogP contribution is 2.30. The fraction of sp³-hybridized carbons (Fsp3) is 0.500. The van der Waals surface area contributed by atoms with Gasteiger partial charge in [0.15, 0.2) is 5.82 Å². The summed E-state index contributed by atoms with van der Waals surface area (Å²) in [6.07, 6.45) is 1.46. The average Bonchev–Trinajstić information content (AvgIpc) is 2.82. The van der Waals surface area contributed by atoms with Crippen LogP contribution in [0.1, 0.15) is 26.7 Å². The van der Waals surface area contributed by atoms with Crippen LogP contribution in [0, 0.1) is 11.6 Å². The Balaban J connectivity index is 2.19. The van der Waals surface area contributed by atoms with Crippen LogP contribution < -0.4 is 5.32 Å². The number of amides is 2. The first-order valence-electron chi connectivity index (χ1n) is 6.64. The molecule has 116 valence electrons. The Morgan fingerprint density at radius 2 is 2.14 bits per heavy atom. The van der Waals surface area contributed by atoms with E-state index in [9.17, 15) is 18.7 Å². The molecular weight excluding hydrogens is 346 g/mol. The number of hydrogen-bond acceptors (Lipinski definition) is 2. The van der Waals surface area contributed by atoms with Gasteiger partial charge in [-0.1, -0.05) is 0 Å². The largest absolute Gasteiger partial charge is 0.388 e. The number of urea groups is 1. The van der Waals surface area contributed by atoms with Crippen molar-refractivity contribution in [2.45, 2.75) is 38.3 Å². The van der Waals surface area contributed by atoms with Crippen molar-refractivity contribution in [2.75, 3.05) is 11.9 Å². The summed E-state index contributed by atoms with van der Waals surface area (Å²) in [5, 5.41) is 12.5. The lowest BCUT2D eigenvalue weighted by Crippen LogP contribution is -2.49. The van der Waals surface area contributed by atoms with Crippen LogP contribution in [-0.2, 0) is 0 Å². The van der Waals surface area contributed by atoms with E-state index in [4.69, 9.17) is 0 Å². The van der Waals surface area contributed by atoms with Crippen LogP contribution in [0.15, 0.2) is 16.6 Å². The second-order valence-corrected chi connectivity index (χ2v) is 6.53. The van der Waals surface area contributed by atoms with Crippen molar-refractivity contribution in [3.63, 3.8) is 0 Å². The van der Waals surface area contributed by atoms with Gasteiger partial charge in [-0.2, -0.15) is 0 Å². The maximum Gasteiger partial charge on any atom is 0.322 e. The molecule has 0 aliphatic carbocycles. The molecule has 1 atom stereocenters. The third kappa shape index (κ3) is 3.52. The molecule has 1 aromatic rings. The molecule has 1 fully saturated rings. The van der Waals surface area contributed by atoms with E-state index in [0.717, 1.165) is 12.5 Å². The Morgan fingerprint density at radius 3 is 2.71 bits per heavy atom. The summed E-state index contributed by atoms with van der Waals surface area (Å²) in [6, 6.07) is 0.944. The van der Waals surface area contributed by atoms with Crippen LogP contribution >= 0.6 is 15.9 Å². The molecule has 1 aliphatic rings. The fourth-order valence-corrected chi connectivity index (χ4v) is 3.09. The normalized spacial score (nSPS) is 19.0. The third-order valence-electron chi connectivity index (χ3n) is 3.57. The van der Waals surface area contributed by atoms with Gasteiger partial charge in [0.2, 0.25) is 0 Å². The molecule has 2 amide bonds. The fourth-order valence-electron chi connectivity index (χ4n) is 2.58. The van der Waals surface area contributed by atoms with Crippen LogP contribution in [0.2, 0.25) is 0 Å². The maximum absolute atomic E-state index is 13.7. The molecule has 0 saturated carbocycles. The van der Waals surface area contributed by atoms with Gasteiger partial charge >= 0.3 is 6.03 Å². The summed E-state index contributed by atoms with van der Waals surface area (Å²) in [4.78, 5) is 13.8. The van der Waals surface area contributed by atoms with E-state index in [1.807, 2.05) is 0 Å². The van der Waals surface area contributed by atoms with Crippen LogP contribution in [0.5, 0.6) is 0 Å². The van der Waals surface area contributed by atoms with Gasteiger partial charge in [-0.05, 0) is 48.7 Å². The summed E-state index contributed by atoms with van der Waals surface area (Å²) in [7, 11) is 0. The molecule has 1 heterocycles. The smallest absolute Gasteiger partial charge is 0.322 e. The first kappa shape index (κ1) is 16.2. The Hall–Kier alpha value is -1.21. The minimum atomic E-state index is -1.04. The van der Waals surface area contributed by atoms with Crippen LogP contribution in [0.3, 0.4) is 0 Å². The van der Waals surface area contributed by atoms with Crippen molar-refractivity contribution in [1.82, 2.24) is 4.90 Å². The summed E-state index contributed by atoms with van der Waals surface area (Å²) < 4.78 is 26.9. The number of rotatable bonds is 2. The van der Waals surface area contributed by atoms with E-state index in [2.05, 4.69) is 21.2 Å². The van der Waals surface area contributed by atoms with Gasteiger partial charge in [-0.25, -0.2) is 13.6 Å². The highest BCUT2D eigenvalue weighted by molar-refractivity contribution is 9.10. The Labute approximate surface area is 130 Å². The van der Waals surface area contributed by atoms with E-state index in [0.29, 0.717) is 19.0 Å². The van der Waals surface area contributed by atoms with Crippen molar-refractivity contribution >= 4 is 27.6 Å². The third-order valence-corrected chi connectivity index (χ3v) is 4.19. The van der Waals surface area contributed by atoms with Gasteiger partial charge in [0.05, 0.1) is 17.3 Å². The van der Waals surface area contributed by atoms with Gasteiger partial charge in [0.25, 0.3) is 0 Å². The lowest BCUT2D eigenvalue weighted by atomic mass is 9.97. The second kappa shape index (κ2) is 5.88. The molecule has 1 aromatic carbocycles. The van der Waals surface area contributed by atoms with Crippen LogP contribution in [0.25, 0.3) is 0 Å². The number of likely N-dealkylation sites (tertiary alicyclic amines) is 1. The molecule has 2 N–H and O–H groups in total. The molecule has 1 aliphatic heterocycles. The molecule has 1 unspecified atom stereocenters. The number of aliphatic hydroxyl groups is 1. The number of nitrogens with zero attached hydrogens (tertiary/aromatic N) is 1. The zero-order chi connectivity index (χ0) is 15.8. The monoisotopic (exact) mass is 362 g/mol. The van der Waals surface area contributed by atoms with Gasteiger partial charge in [-0.15, -0.1) is 0 Å². The molecule has 2 rings (SSSR count). The molecule has 0 spiro atoms. The van der Waals surface area contributed by atoms with Crippen molar-refractivity contribution in [3.05, 3.63) is 28.2 Å². The number of carbonyl (C=O) groups excluding carboxylic acids is 1. The van der Waals surface area contributed by atoms with Crippen LogP contribution in [-0.4, -0.2) is 34.2 Å². The molecule has 1 saturated heterocycles. The molecular formula is C14H17BrF2N2O2. The summed E-state index contributed by atoms with van der Waals surface area (Å²) >= 11 is 3.03. The van der Waals surface area contributed by atoms with Crippen molar-refractivity contribution in [1.29, 1.82) is 0 Å². The first-order valence-corrected chi connectivity index (χ1v) is 7.44. The van der Waals surface area contributed by atoms with E-state index >= 15 is 0 Å². The predicted molar refractivity (Wildman–Crippen MR) is 79.1 cm³/mol. The number of benzene rings is 1. The summed E-state index contributed by atoms with van der Waals surface area (Å²) in [6.45, 7) is 3.76. The average molecular weight is 363 g/mol. The topological polar surface area (TPSA) is 52.6 Å². The van der Waals surface area contributed by atoms with E-state index < -0.39 is 23.3 Å².